The maximum Gasteiger partial charge on any atom is 0.328 e. The first-order chi connectivity index (χ1) is 9.16. The van der Waals surface area contributed by atoms with Crippen molar-refractivity contribution < 1.29 is 0 Å². The van der Waals surface area contributed by atoms with Gasteiger partial charge in [-0.25, -0.2) is 9.78 Å². The summed E-state index contributed by atoms with van der Waals surface area (Å²) in [5.74, 6) is 0. The van der Waals surface area contributed by atoms with E-state index in [0.717, 1.165) is 15.6 Å². The van der Waals surface area contributed by atoms with Gasteiger partial charge in [0.2, 0.25) is 0 Å². The van der Waals surface area contributed by atoms with Crippen molar-refractivity contribution in [2.75, 3.05) is 0 Å². The van der Waals surface area contributed by atoms with E-state index >= 15 is 0 Å². The molecule has 0 aliphatic carbocycles. The SMILES string of the molecule is C[C@H](c1ccccc1)n1c(=O)[nH]c2ncc(Br)cc21. The number of hydrogen-bond acceptors (Lipinski definition) is 2. The molecule has 0 aliphatic rings. The van der Waals surface area contributed by atoms with Gasteiger partial charge in [0.05, 0.1) is 11.6 Å². The number of fused-ring (bicyclic) bond motifs is 1. The molecule has 2 heterocycles. The zero-order valence-electron chi connectivity index (χ0n) is 10.3. The molecular weight excluding hydrogens is 306 g/mol. The van der Waals surface area contributed by atoms with Crippen molar-refractivity contribution in [3.8, 4) is 0 Å². The number of rotatable bonds is 2. The summed E-state index contributed by atoms with van der Waals surface area (Å²) in [4.78, 5) is 19.1. The maximum absolute atomic E-state index is 12.1. The second-order valence-corrected chi connectivity index (χ2v) is 5.32. The number of hydrogen-bond donors (Lipinski definition) is 1. The lowest BCUT2D eigenvalue weighted by atomic mass is 10.1. The molecule has 0 saturated heterocycles. The van der Waals surface area contributed by atoms with Crippen molar-refractivity contribution in [1.29, 1.82) is 0 Å². The lowest BCUT2D eigenvalue weighted by Crippen LogP contribution is -2.21. The second kappa shape index (κ2) is 4.66. The van der Waals surface area contributed by atoms with E-state index in [1.807, 2.05) is 43.3 Å². The molecule has 0 radical (unpaired) electrons. The third-order valence-corrected chi connectivity index (χ3v) is 3.64. The molecule has 19 heavy (non-hydrogen) atoms. The number of aromatic amines is 1. The minimum Gasteiger partial charge on any atom is -0.290 e. The van der Waals surface area contributed by atoms with Gasteiger partial charge in [0.15, 0.2) is 5.65 Å². The summed E-state index contributed by atoms with van der Waals surface area (Å²) in [6, 6.07) is 11.8. The van der Waals surface area contributed by atoms with Gasteiger partial charge in [-0.15, -0.1) is 0 Å². The van der Waals surface area contributed by atoms with Crippen molar-refractivity contribution >= 4 is 27.1 Å². The van der Waals surface area contributed by atoms with Gasteiger partial charge in [0.1, 0.15) is 0 Å². The molecule has 5 heteroatoms. The third-order valence-electron chi connectivity index (χ3n) is 3.21. The first-order valence-corrected chi connectivity index (χ1v) is 6.77. The summed E-state index contributed by atoms with van der Waals surface area (Å²) in [7, 11) is 0. The second-order valence-electron chi connectivity index (χ2n) is 4.41. The quantitative estimate of drug-likeness (QED) is 0.789. The minimum atomic E-state index is -0.142. The lowest BCUT2D eigenvalue weighted by molar-refractivity contribution is 0.635. The Balaban J connectivity index is 2.22. The monoisotopic (exact) mass is 317 g/mol. The Morgan fingerprint density at radius 1 is 1.32 bits per heavy atom. The fraction of sp³-hybridized carbons (Fsp3) is 0.143. The molecule has 0 amide bonds. The van der Waals surface area contributed by atoms with E-state index in [1.165, 1.54) is 0 Å². The molecule has 96 valence electrons. The van der Waals surface area contributed by atoms with Crippen molar-refractivity contribution in [3.63, 3.8) is 0 Å². The van der Waals surface area contributed by atoms with E-state index in [4.69, 9.17) is 0 Å². The summed E-state index contributed by atoms with van der Waals surface area (Å²) < 4.78 is 2.58. The predicted molar refractivity (Wildman–Crippen MR) is 78.3 cm³/mol. The number of nitrogens with one attached hydrogen (secondary N) is 1. The third kappa shape index (κ3) is 2.10. The van der Waals surface area contributed by atoms with E-state index in [9.17, 15) is 4.79 Å². The van der Waals surface area contributed by atoms with Crippen LogP contribution in [0.25, 0.3) is 11.2 Å². The van der Waals surface area contributed by atoms with Gasteiger partial charge in [-0.05, 0) is 34.5 Å². The van der Waals surface area contributed by atoms with Crippen molar-refractivity contribution in [3.05, 3.63) is 63.1 Å². The number of imidazole rings is 1. The van der Waals surface area contributed by atoms with Crippen LogP contribution >= 0.6 is 15.9 Å². The fourth-order valence-electron chi connectivity index (χ4n) is 2.24. The first kappa shape index (κ1) is 12.2. The van der Waals surface area contributed by atoms with Crippen LogP contribution in [0.4, 0.5) is 0 Å². The summed E-state index contributed by atoms with van der Waals surface area (Å²) in [5, 5.41) is 0. The maximum atomic E-state index is 12.1. The highest BCUT2D eigenvalue weighted by Crippen LogP contribution is 2.22. The lowest BCUT2D eigenvalue weighted by Gasteiger charge is -2.13. The predicted octanol–water partition coefficient (Wildman–Crippen LogP) is 3.10. The highest BCUT2D eigenvalue weighted by atomic mass is 79.9. The van der Waals surface area contributed by atoms with Crippen LogP contribution in [0.5, 0.6) is 0 Å². The largest absolute Gasteiger partial charge is 0.328 e. The van der Waals surface area contributed by atoms with E-state index in [2.05, 4.69) is 25.9 Å². The summed E-state index contributed by atoms with van der Waals surface area (Å²) >= 11 is 3.39. The normalized spacial score (nSPS) is 12.7. The van der Waals surface area contributed by atoms with E-state index in [0.29, 0.717) is 5.65 Å². The number of halogens is 1. The summed E-state index contributed by atoms with van der Waals surface area (Å²) in [6.07, 6.45) is 1.68. The smallest absolute Gasteiger partial charge is 0.290 e. The standard InChI is InChI=1S/C14H12BrN3O/c1-9(10-5-3-2-4-6-10)18-12-7-11(15)8-16-13(12)17-14(18)19/h2-9H,1H3,(H,16,17,19)/t9-/m1/s1. The van der Waals surface area contributed by atoms with E-state index in [1.54, 1.807) is 10.8 Å². The molecule has 4 nitrogen and oxygen atoms in total. The molecular formula is C14H12BrN3O. The molecule has 0 unspecified atom stereocenters. The highest BCUT2D eigenvalue weighted by molar-refractivity contribution is 9.10. The van der Waals surface area contributed by atoms with E-state index in [-0.39, 0.29) is 11.7 Å². The Morgan fingerprint density at radius 2 is 2.05 bits per heavy atom. The van der Waals surface area contributed by atoms with Gasteiger partial charge in [0, 0.05) is 10.7 Å². The van der Waals surface area contributed by atoms with Crippen LogP contribution in [0.2, 0.25) is 0 Å². The van der Waals surface area contributed by atoms with Crippen molar-refractivity contribution in [2.45, 2.75) is 13.0 Å². The average molecular weight is 318 g/mol. The zero-order valence-corrected chi connectivity index (χ0v) is 11.9. The number of nitrogens with zero attached hydrogens (tertiary/aromatic N) is 2. The van der Waals surface area contributed by atoms with Crippen molar-refractivity contribution in [1.82, 2.24) is 14.5 Å². The molecule has 0 bridgehead atoms. The Bertz CT molecular complexity index is 776. The number of H-pyrrole nitrogens is 1. The molecule has 1 N–H and O–H groups in total. The van der Waals surface area contributed by atoms with Crippen LogP contribution in [0.1, 0.15) is 18.5 Å². The molecule has 3 aromatic rings. The van der Waals surface area contributed by atoms with E-state index < -0.39 is 0 Å². The highest BCUT2D eigenvalue weighted by Gasteiger charge is 2.15. The summed E-state index contributed by atoms with van der Waals surface area (Å²) in [5.41, 5.74) is 2.36. The molecule has 0 fully saturated rings. The molecule has 0 spiro atoms. The molecule has 1 atom stereocenters. The van der Waals surface area contributed by atoms with Crippen LogP contribution in [0.3, 0.4) is 0 Å². The number of aromatic nitrogens is 3. The van der Waals surface area contributed by atoms with Crippen molar-refractivity contribution in [2.24, 2.45) is 0 Å². The molecule has 0 aliphatic heterocycles. The number of benzene rings is 1. The van der Waals surface area contributed by atoms with Gasteiger partial charge in [-0.3, -0.25) is 9.55 Å². The number of pyridine rings is 1. The molecule has 1 aromatic carbocycles. The topological polar surface area (TPSA) is 50.7 Å². The first-order valence-electron chi connectivity index (χ1n) is 5.97. The van der Waals surface area contributed by atoms with Crippen LogP contribution in [0.15, 0.2) is 51.9 Å². The zero-order chi connectivity index (χ0) is 13.4. The molecule has 0 saturated carbocycles. The van der Waals surface area contributed by atoms with Crippen LogP contribution < -0.4 is 5.69 Å². The molecule has 3 rings (SSSR count). The van der Waals surface area contributed by atoms with Crippen LogP contribution in [0, 0.1) is 0 Å². The van der Waals surface area contributed by atoms with Gasteiger partial charge in [-0.2, -0.15) is 0 Å². The van der Waals surface area contributed by atoms with Gasteiger partial charge < -0.3 is 0 Å². The Morgan fingerprint density at radius 3 is 2.79 bits per heavy atom. The Labute approximate surface area is 118 Å². The van der Waals surface area contributed by atoms with Crippen LogP contribution in [-0.4, -0.2) is 14.5 Å². The van der Waals surface area contributed by atoms with Crippen LogP contribution in [-0.2, 0) is 0 Å². The Hall–Kier alpha value is -1.88. The fourth-order valence-corrected chi connectivity index (χ4v) is 2.56. The minimum absolute atomic E-state index is 0.0430. The molecule has 2 aromatic heterocycles. The summed E-state index contributed by atoms with van der Waals surface area (Å²) in [6.45, 7) is 2.00. The average Bonchev–Trinajstić information content (AvgIpc) is 2.74. The van der Waals surface area contributed by atoms with Gasteiger partial charge in [0.25, 0.3) is 0 Å². The van der Waals surface area contributed by atoms with Gasteiger partial charge >= 0.3 is 5.69 Å². The Kier molecular flexibility index (Phi) is 2.98. The van der Waals surface area contributed by atoms with Gasteiger partial charge in [-0.1, -0.05) is 30.3 Å².